The third-order valence-corrected chi connectivity index (χ3v) is 3.11. The SMILES string of the molecule is O=C(O)CCc1nccc(-c2ccccc2Br)n1. The van der Waals surface area contributed by atoms with Gasteiger partial charge in [0.1, 0.15) is 5.82 Å². The highest BCUT2D eigenvalue weighted by Gasteiger charge is 2.06. The molecule has 2 aromatic rings. The van der Waals surface area contributed by atoms with Gasteiger partial charge in [-0.3, -0.25) is 4.79 Å². The molecule has 0 aliphatic carbocycles. The Hall–Kier alpha value is -1.75. The predicted octanol–water partition coefficient (Wildman–Crippen LogP) is 2.92. The maximum Gasteiger partial charge on any atom is 0.303 e. The van der Waals surface area contributed by atoms with Crippen molar-refractivity contribution in [3.63, 3.8) is 0 Å². The Morgan fingerprint density at radius 3 is 2.78 bits per heavy atom. The molecule has 0 radical (unpaired) electrons. The molecule has 0 amide bonds. The molecule has 92 valence electrons. The third kappa shape index (κ3) is 3.13. The van der Waals surface area contributed by atoms with E-state index in [0.717, 1.165) is 15.7 Å². The normalized spacial score (nSPS) is 10.3. The lowest BCUT2D eigenvalue weighted by atomic mass is 10.1. The molecule has 1 heterocycles. The van der Waals surface area contributed by atoms with Crippen molar-refractivity contribution >= 4 is 21.9 Å². The van der Waals surface area contributed by atoms with E-state index in [0.29, 0.717) is 12.2 Å². The van der Waals surface area contributed by atoms with E-state index in [4.69, 9.17) is 5.11 Å². The number of hydrogen-bond donors (Lipinski definition) is 1. The van der Waals surface area contributed by atoms with Crippen LogP contribution in [0.3, 0.4) is 0 Å². The van der Waals surface area contributed by atoms with E-state index in [1.165, 1.54) is 0 Å². The summed E-state index contributed by atoms with van der Waals surface area (Å²) in [5, 5.41) is 8.64. The van der Waals surface area contributed by atoms with Crippen LogP contribution in [0.4, 0.5) is 0 Å². The molecule has 2 rings (SSSR count). The summed E-state index contributed by atoms with van der Waals surface area (Å²) in [6, 6.07) is 9.56. The minimum atomic E-state index is -0.843. The number of benzene rings is 1. The van der Waals surface area contributed by atoms with Gasteiger partial charge in [-0.25, -0.2) is 9.97 Å². The van der Waals surface area contributed by atoms with Crippen molar-refractivity contribution in [2.45, 2.75) is 12.8 Å². The van der Waals surface area contributed by atoms with Crippen molar-refractivity contribution in [2.75, 3.05) is 0 Å². The molecule has 18 heavy (non-hydrogen) atoms. The Labute approximate surface area is 113 Å². The van der Waals surface area contributed by atoms with Gasteiger partial charge >= 0.3 is 5.97 Å². The molecule has 1 aromatic carbocycles. The van der Waals surface area contributed by atoms with E-state index < -0.39 is 5.97 Å². The number of carboxylic acids is 1. The number of halogens is 1. The highest BCUT2D eigenvalue weighted by molar-refractivity contribution is 9.10. The van der Waals surface area contributed by atoms with Gasteiger partial charge in [-0.1, -0.05) is 34.1 Å². The first-order chi connectivity index (χ1) is 8.66. The quantitative estimate of drug-likeness (QED) is 0.943. The summed E-state index contributed by atoms with van der Waals surface area (Å²) in [5.41, 5.74) is 1.76. The minimum Gasteiger partial charge on any atom is -0.481 e. The summed E-state index contributed by atoms with van der Waals surface area (Å²) in [4.78, 5) is 19.0. The van der Waals surface area contributed by atoms with Crippen LogP contribution in [0, 0.1) is 0 Å². The lowest BCUT2D eigenvalue weighted by molar-refractivity contribution is -0.137. The molecule has 0 unspecified atom stereocenters. The van der Waals surface area contributed by atoms with Gasteiger partial charge in [-0.05, 0) is 12.1 Å². The zero-order chi connectivity index (χ0) is 13.0. The van der Waals surface area contributed by atoms with Gasteiger partial charge < -0.3 is 5.11 Å². The maximum atomic E-state index is 10.5. The van der Waals surface area contributed by atoms with Crippen molar-refractivity contribution in [3.05, 3.63) is 46.8 Å². The van der Waals surface area contributed by atoms with Crippen LogP contribution in [0.15, 0.2) is 41.0 Å². The van der Waals surface area contributed by atoms with Gasteiger partial charge in [-0.2, -0.15) is 0 Å². The second-order valence-corrected chi connectivity index (χ2v) is 4.59. The van der Waals surface area contributed by atoms with E-state index >= 15 is 0 Å². The maximum absolute atomic E-state index is 10.5. The largest absolute Gasteiger partial charge is 0.481 e. The van der Waals surface area contributed by atoms with Crippen molar-refractivity contribution in [1.29, 1.82) is 0 Å². The van der Waals surface area contributed by atoms with Gasteiger partial charge in [0.15, 0.2) is 0 Å². The number of aryl methyl sites for hydroxylation is 1. The van der Waals surface area contributed by atoms with Gasteiger partial charge in [0.05, 0.1) is 12.1 Å². The Bertz CT molecular complexity index is 572. The van der Waals surface area contributed by atoms with E-state index in [1.54, 1.807) is 6.20 Å². The van der Waals surface area contributed by atoms with Crippen molar-refractivity contribution in [3.8, 4) is 11.3 Å². The zero-order valence-corrected chi connectivity index (χ0v) is 11.1. The topological polar surface area (TPSA) is 63.1 Å². The highest BCUT2D eigenvalue weighted by atomic mass is 79.9. The second kappa shape index (κ2) is 5.73. The van der Waals surface area contributed by atoms with Crippen LogP contribution in [-0.4, -0.2) is 21.0 Å². The summed E-state index contributed by atoms with van der Waals surface area (Å²) >= 11 is 3.47. The van der Waals surface area contributed by atoms with Crippen LogP contribution < -0.4 is 0 Å². The Kier molecular flexibility index (Phi) is 4.04. The number of carbonyl (C=O) groups is 1. The van der Waals surface area contributed by atoms with E-state index in [9.17, 15) is 4.79 Å². The summed E-state index contributed by atoms with van der Waals surface area (Å²) in [6.07, 6.45) is 2.03. The van der Waals surface area contributed by atoms with Crippen LogP contribution in [-0.2, 0) is 11.2 Å². The first kappa shape index (κ1) is 12.7. The molecule has 0 aliphatic heterocycles. The van der Waals surface area contributed by atoms with Gasteiger partial charge in [0.2, 0.25) is 0 Å². The Balaban J connectivity index is 2.27. The summed E-state index contributed by atoms with van der Waals surface area (Å²) < 4.78 is 0.952. The molecule has 0 fully saturated rings. The molecule has 0 saturated heterocycles. The lowest BCUT2D eigenvalue weighted by Crippen LogP contribution is -2.02. The average molecular weight is 307 g/mol. The molecule has 1 aromatic heterocycles. The molecule has 0 atom stereocenters. The zero-order valence-electron chi connectivity index (χ0n) is 9.51. The number of aliphatic carboxylic acids is 1. The van der Waals surface area contributed by atoms with Crippen LogP contribution in [0.25, 0.3) is 11.3 Å². The smallest absolute Gasteiger partial charge is 0.303 e. The summed E-state index contributed by atoms with van der Waals surface area (Å²) in [6.45, 7) is 0. The number of aromatic nitrogens is 2. The van der Waals surface area contributed by atoms with E-state index in [-0.39, 0.29) is 6.42 Å². The molecule has 0 bridgehead atoms. The summed E-state index contributed by atoms with van der Waals surface area (Å²) in [7, 11) is 0. The highest BCUT2D eigenvalue weighted by Crippen LogP contribution is 2.25. The van der Waals surface area contributed by atoms with E-state index in [2.05, 4.69) is 25.9 Å². The molecule has 0 aliphatic rings. The average Bonchev–Trinajstić information content (AvgIpc) is 2.37. The minimum absolute atomic E-state index is 0.0411. The second-order valence-electron chi connectivity index (χ2n) is 3.73. The van der Waals surface area contributed by atoms with Crippen molar-refractivity contribution in [2.24, 2.45) is 0 Å². The molecule has 5 heteroatoms. The van der Waals surface area contributed by atoms with Crippen LogP contribution >= 0.6 is 15.9 Å². The fourth-order valence-corrected chi connectivity index (χ4v) is 2.05. The van der Waals surface area contributed by atoms with Crippen LogP contribution in [0.1, 0.15) is 12.2 Å². The Morgan fingerprint density at radius 2 is 2.06 bits per heavy atom. The van der Waals surface area contributed by atoms with E-state index in [1.807, 2.05) is 30.3 Å². The first-order valence-electron chi connectivity index (χ1n) is 5.45. The van der Waals surface area contributed by atoms with Crippen LogP contribution in [0.2, 0.25) is 0 Å². The molecule has 4 nitrogen and oxygen atoms in total. The first-order valence-corrected chi connectivity index (χ1v) is 6.25. The predicted molar refractivity (Wildman–Crippen MR) is 71.1 cm³/mol. The molecular formula is C13H11BrN2O2. The standard InChI is InChI=1S/C13H11BrN2O2/c14-10-4-2-1-3-9(10)11-7-8-15-12(16-11)5-6-13(17)18/h1-4,7-8H,5-6H2,(H,17,18). The number of rotatable bonds is 4. The molecule has 0 spiro atoms. The van der Waals surface area contributed by atoms with Crippen LogP contribution in [0.5, 0.6) is 0 Å². The number of carboxylic acid groups (broad SMARTS) is 1. The fraction of sp³-hybridized carbons (Fsp3) is 0.154. The number of nitrogens with zero attached hydrogens (tertiary/aromatic N) is 2. The fourth-order valence-electron chi connectivity index (χ4n) is 1.56. The van der Waals surface area contributed by atoms with Gasteiger partial charge in [0.25, 0.3) is 0 Å². The monoisotopic (exact) mass is 306 g/mol. The molecule has 1 N–H and O–H groups in total. The Morgan fingerprint density at radius 1 is 1.28 bits per heavy atom. The summed E-state index contributed by atoms with van der Waals surface area (Å²) in [5.74, 6) is -0.296. The van der Waals surface area contributed by atoms with Crippen molar-refractivity contribution in [1.82, 2.24) is 9.97 Å². The van der Waals surface area contributed by atoms with Gasteiger partial charge in [-0.15, -0.1) is 0 Å². The van der Waals surface area contributed by atoms with Gasteiger partial charge in [0, 0.05) is 22.7 Å². The molecule has 0 saturated carbocycles. The lowest BCUT2D eigenvalue weighted by Gasteiger charge is -2.05. The number of hydrogen-bond acceptors (Lipinski definition) is 3. The third-order valence-electron chi connectivity index (χ3n) is 2.42. The van der Waals surface area contributed by atoms with Crippen molar-refractivity contribution < 1.29 is 9.90 Å². The molecular weight excluding hydrogens is 296 g/mol.